The molecule has 3 rings (SSSR count). The minimum Gasteiger partial charge on any atom is -0.399 e. The second-order valence-electron chi connectivity index (χ2n) is 5.84. The fraction of sp³-hybridized carbons (Fsp3) is 0.235. The molecular weight excluding hydrogens is 326 g/mol. The molecule has 1 amide bonds. The van der Waals surface area contributed by atoms with Crippen LogP contribution in [0.25, 0.3) is 0 Å². The number of fused-ring (bicyclic) bond motifs is 1. The highest BCUT2D eigenvalue weighted by Gasteiger charge is 2.33. The van der Waals surface area contributed by atoms with E-state index in [2.05, 4.69) is 5.32 Å². The van der Waals surface area contributed by atoms with Gasteiger partial charge in [-0.2, -0.15) is 0 Å². The number of nitrogens with two attached hydrogens (primary N) is 1. The lowest BCUT2D eigenvalue weighted by Crippen LogP contribution is -2.49. The zero-order chi connectivity index (χ0) is 17.3. The summed E-state index contributed by atoms with van der Waals surface area (Å²) in [6.07, 6.45) is 0.596. The van der Waals surface area contributed by atoms with Crippen molar-refractivity contribution >= 4 is 27.3 Å². The molecule has 1 aliphatic heterocycles. The van der Waals surface area contributed by atoms with Crippen LogP contribution in [0.4, 0.5) is 11.4 Å². The van der Waals surface area contributed by atoms with Gasteiger partial charge in [0.15, 0.2) is 0 Å². The molecule has 0 bridgehead atoms. The smallest absolute Gasteiger partial charge is 0.264 e. The van der Waals surface area contributed by atoms with E-state index in [1.807, 2.05) is 12.1 Å². The molecule has 0 aliphatic carbocycles. The highest BCUT2D eigenvalue weighted by molar-refractivity contribution is 7.92. The molecule has 6 nitrogen and oxygen atoms in total. The minimum atomic E-state index is -3.76. The standard InChI is InChI=1S/C17H19N3O3S/c1-12(21)19-15-9-13-5-2-3-8-17(13)20(11-15)24(22,23)16-7-4-6-14(18)10-16/h2-8,10,15H,9,11,18H2,1H3,(H,19,21). The average molecular weight is 345 g/mol. The largest absolute Gasteiger partial charge is 0.399 e. The van der Waals surface area contributed by atoms with E-state index < -0.39 is 10.0 Å². The summed E-state index contributed by atoms with van der Waals surface area (Å²) in [4.78, 5) is 11.5. The molecule has 0 radical (unpaired) electrons. The van der Waals surface area contributed by atoms with E-state index >= 15 is 0 Å². The van der Waals surface area contributed by atoms with E-state index in [4.69, 9.17) is 5.73 Å². The fourth-order valence-electron chi connectivity index (χ4n) is 2.97. The summed E-state index contributed by atoms with van der Waals surface area (Å²) >= 11 is 0. The molecule has 1 unspecified atom stereocenters. The molecule has 126 valence electrons. The molecule has 3 N–H and O–H groups in total. The first kappa shape index (κ1) is 16.3. The molecule has 0 spiro atoms. The molecule has 0 saturated carbocycles. The molecule has 1 aliphatic rings. The molecule has 0 saturated heterocycles. The van der Waals surface area contributed by atoms with Gasteiger partial charge in [-0.05, 0) is 36.2 Å². The lowest BCUT2D eigenvalue weighted by Gasteiger charge is -2.35. The number of nitrogens with one attached hydrogen (secondary N) is 1. The third-order valence-corrected chi connectivity index (χ3v) is 5.74. The second-order valence-corrected chi connectivity index (χ2v) is 7.70. The van der Waals surface area contributed by atoms with Gasteiger partial charge in [0, 0.05) is 12.6 Å². The zero-order valence-electron chi connectivity index (χ0n) is 13.3. The predicted octanol–water partition coefficient (Wildman–Crippen LogP) is 1.52. The lowest BCUT2D eigenvalue weighted by atomic mass is 10.00. The van der Waals surface area contributed by atoms with Gasteiger partial charge in [0.2, 0.25) is 5.91 Å². The number of sulfonamides is 1. The van der Waals surface area contributed by atoms with E-state index in [0.717, 1.165) is 5.56 Å². The van der Waals surface area contributed by atoms with Gasteiger partial charge in [-0.3, -0.25) is 9.10 Å². The summed E-state index contributed by atoms with van der Waals surface area (Å²) in [5.41, 5.74) is 7.65. The van der Waals surface area contributed by atoms with Crippen LogP contribution in [-0.4, -0.2) is 26.9 Å². The molecule has 24 heavy (non-hydrogen) atoms. The Hall–Kier alpha value is -2.54. The van der Waals surface area contributed by atoms with Crippen LogP contribution in [0.15, 0.2) is 53.4 Å². The number of hydrogen-bond acceptors (Lipinski definition) is 4. The van der Waals surface area contributed by atoms with Crippen LogP contribution in [0.2, 0.25) is 0 Å². The quantitative estimate of drug-likeness (QED) is 0.825. The number of anilines is 2. The number of rotatable bonds is 3. The Balaban J connectivity index is 2.06. The van der Waals surface area contributed by atoms with Crippen LogP contribution in [-0.2, 0) is 21.2 Å². The van der Waals surface area contributed by atoms with Gasteiger partial charge >= 0.3 is 0 Å². The third kappa shape index (κ3) is 3.07. The number of nitrogens with zero attached hydrogens (tertiary/aromatic N) is 1. The van der Waals surface area contributed by atoms with Crippen LogP contribution in [0.5, 0.6) is 0 Å². The number of benzene rings is 2. The van der Waals surface area contributed by atoms with Crippen LogP contribution < -0.4 is 15.4 Å². The van der Waals surface area contributed by atoms with Crippen molar-refractivity contribution in [3.63, 3.8) is 0 Å². The van der Waals surface area contributed by atoms with Gasteiger partial charge in [-0.1, -0.05) is 24.3 Å². The Morgan fingerprint density at radius 2 is 1.96 bits per heavy atom. The number of carbonyl (C=O) groups is 1. The maximum absolute atomic E-state index is 13.1. The van der Waals surface area contributed by atoms with Crippen molar-refractivity contribution in [3.8, 4) is 0 Å². The number of amides is 1. The fourth-order valence-corrected chi connectivity index (χ4v) is 4.57. The molecular formula is C17H19N3O3S. The van der Waals surface area contributed by atoms with Crippen molar-refractivity contribution in [3.05, 3.63) is 54.1 Å². The molecule has 0 fully saturated rings. The Bertz CT molecular complexity index is 880. The van der Waals surface area contributed by atoms with Gasteiger partial charge in [-0.25, -0.2) is 8.42 Å². The molecule has 2 aromatic rings. The average Bonchev–Trinajstić information content (AvgIpc) is 2.53. The topological polar surface area (TPSA) is 92.5 Å². The van der Waals surface area contributed by atoms with E-state index in [9.17, 15) is 13.2 Å². The molecule has 1 atom stereocenters. The SMILES string of the molecule is CC(=O)NC1Cc2ccccc2N(S(=O)(=O)c2cccc(N)c2)C1. The lowest BCUT2D eigenvalue weighted by molar-refractivity contribution is -0.119. The minimum absolute atomic E-state index is 0.140. The molecule has 7 heteroatoms. The summed E-state index contributed by atoms with van der Waals surface area (Å²) in [6.45, 7) is 1.62. The Morgan fingerprint density at radius 1 is 1.21 bits per heavy atom. The van der Waals surface area contributed by atoms with Crippen molar-refractivity contribution in [2.45, 2.75) is 24.3 Å². The maximum Gasteiger partial charge on any atom is 0.264 e. The first-order chi connectivity index (χ1) is 11.4. The maximum atomic E-state index is 13.1. The van der Waals surface area contributed by atoms with Crippen LogP contribution in [0, 0.1) is 0 Å². The van der Waals surface area contributed by atoms with Crippen LogP contribution >= 0.6 is 0 Å². The van der Waals surface area contributed by atoms with Gasteiger partial charge in [0.1, 0.15) is 0 Å². The molecule has 1 heterocycles. The first-order valence-electron chi connectivity index (χ1n) is 7.61. The van der Waals surface area contributed by atoms with Crippen LogP contribution in [0.3, 0.4) is 0 Å². The molecule has 2 aromatic carbocycles. The Morgan fingerprint density at radius 3 is 2.67 bits per heavy atom. The van der Waals surface area contributed by atoms with Crippen molar-refractivity contribution in [1.29, 1.82) is 0 Å². The van der Waals surface area contributed by atoms with E-state index in [1.165, 1.54) is 23.4 Å². The van der Waals surface area contributed by atoms with Gasteiger partial charge in [0.05, 0.1) is 23.2 Å². The summed E-state index contributed by atoms with van der Waals surface area (Å²) in [5, 5.41) is 2.82. The number of nitrogen functional groups attached to an aromatic ring is 1. The summed E-state index contributed by atoms with van der Waals surface area (Å²) in [6, 6.07) is 13.3. The Kier molecular flexibility index (Phi) is 4.19. The first-order valence-corrected chi connectivity index (χ1v) is 9.05. The van der Waals surface area contributed by atoms with Crippen molar-refractivity contribution in [1.82, 2.24) is 5.32 Å². The van der Waals surface area contributed by atoms with Crippen molar-refractivity contribution < 1.29 is 13.2 Å². The normalized spacial score (nSPS) is 17.2. The van der Waals surface area contributed by atoms with Crippen molar-refractivity contribution in [2.75, 3.05) is 16.6 Å². The number of carbonyl (C=O) groups excluding carboxylic acids is 1. The third-order valence-electron chi connectivity index (χ3n) is 3.97. The second kappa shape index (κ2) is 6.16. The predicted molar refractivity (Wildman–Crippen MR) is 93.1 cm³/mol. The Labute approximate surface area is 141 Å². The zero-order valence-corrected chi connectivity index (χ0v) is 14.1. The monoisotopic (exact) mass is 345 g/mol. The highest BCUT2D eigenvalue weighted by atomic mass is 32.2. The summed E-state index contributed by atoms with van der Waals surface area (Å²) in [7, 11) is -3.76. The highest BCUT2D eigenvalue weighted by Crippen LogP contribution is 2.32. The van der Waals surface area contributed by atoms with Gasteiger partial charge in [0.25, 0.3) is 10.0 Å². The van der Waals surface area contributed by atoms with E-state index in [0.29, 0.717) is 17.8 Å². The van der Waals surface area contributed by atoms with E-state index in [-0.39, 0.29) is 23.4 Å². The summed E-state index contributed by atoms with van der Waals surface area (Å²) < 4.78 is 27.5. The van der Waals surface area contributed by atoms with Crippen LogP contribution in [0.1, 0.15) is 12.5 Å². The number of hydrogen-bond donors (Lipinski definition) is 2. The van der Waals surface area contributed by atoms with Crippen molar-refractivity contribution in [2.24, 2.45) is 0 Å². The number of para-hydroxylation sites is 1. The van der Waals surface area contributed by atoms with Gasteiger partial charge in [-0.15, -0.1) is 0 Å². The summed E-state index contributed by atoms with van der Waals surface area (Å²) in [5.74, 6) is -0.180. The molecule has 0 aromatic heterocycles. The van der Waals surface area contributed by atoms with E-state index in [1.54, 1.807) is 24.3 Å². The van der Waals surface area contributed by atoms with Gasteiger partial charge < -0.3 is 11.1 Å².